The number of fused-ring (bicyclic) bond motifs is 3. The van der Waals surface area contributed by atoms with E-state index in [4.69, 9.17) is 11.6 Å². The lowest BCUT2D eigenvalue weighted by Crippen LogP contribution is -2.04. The van der Waals surface area contributed by atoms with Crippen LogP contribution in [0.25, 0.3) is 16.8 Å². The van der Waals surface area contributed by atoms with Crippen LogP contribution >= 0.6 is 11.6 Å². The number of benzene rings is 2. The number of methoxy groups -OCH3 is 1. The third-order valence-corrected chi connectivity index (χ3v) is 4.06. The maximum absolute atomic E-state index is 11.3. The van der Waals surface area contributed by atoms with Gasteiger partial charge in [-0.2, -0.15) is 4.98 Å². The predicted octanol–water partition coefficient (Wildman–Crippen LogP) is 3.32. The standard InChI is InChI=1S/C17H14ClN5O2/c1-25-15(24)8-10-2-5-12(6-3-10)19-16-21-17-20-13-9-11(18)4-7-14(13)23(17)22-16/h2-7,9H,8H2,1H3,(H2,19,20,21,22). The summed E-state index contributed by atoms with van der Waals surface area (Å²) in [5.41, 5.74) is 3.41. The largest absolute Gasteiger partial charge is 0.469 e. The predicted molar refractivity (Wildman–Crippen MR) is 95.3 cm³/mol. The van der Waals surface area contributed by atoms with Crippen molar-refractivity contribution in [3.8, 4) is 0 Å². The summed E-state index contributed by atoms with van der Waals surface area (Å²) in [7, 11) is 1.38. The zero-order chi connectivity index (χ0) is 17.4. The first-order valence-electron chi connectivity index (χ1n) is 7.59. The molecule has 0 radical (unpaired) electrons. The van der Waals surface area contributed by atoms with E-state index >= 15 is 0 Å². The lowest BCUT2D eigenvalue weighted by atomic mass is 10.1. The molecule has 0 fully saturated rings. The van der Waals surface area contributed by atoms with E-state index in [2.05, 4.69) is 25.1 Å². The molecule has 0 aliphatic heterocycles. The SMILES string of the molecule is COC(=O)Cc1ccc(Nc2nc3nc4cc(Cl)ccc4n3[nH]2)cc1. The van der Waals surface area contributed by atoms with Crippen LogP contribution in [-0.4, -0.2) is 32.7 Å². The Kier molecular flexibility index (Phi) is 3.77. The number of imidazole rings is 1. The zero-order valence-electron chi connectivity index (χ0n) is 13.3. The second-order valence-electron chi connectivity index (χ2n) is 5.53. The molecule has 2 N–H and O–H groups in total. The fraction of sp³-hybridized carbons (Fsp3) is 0.118. The van der Waals surface area contributed by atoms with Crippen LogP contribution in [0.2, 0.25) is 5.02 Å². The maximum Gasteiger partial charge on any atom is 0.309 e. The molecule has 0 amide bonds. The second-order valence-corrected chi connectivity index (χ2v) is 5.96. The highest BCUT2D eigenvalue weighted by Gasteiger charge is 2.10. The minimum absolute atomic E-state index is 0.250. The highest BCUT2D eigenvalue weighted by atomic mass is 35.5. The van der Waals surface area contributed by atoms with E-state index in [0.717, 1.165) is 22.3 Å². The molecule has 4 aromatic rings. The van der Waals surface area contributed by atoms with Crippen LogP contribution in [0.4, 0.5) is 11.6 Å². The Bertz CT molecular complexity index is 1070. The number of hydrogen-bond acceptors (Lipinski definition) is 5. The van der Waals surface area contributed by atoms with E-state index < -0.39 is 0 Å². The number of H-pyrrole nitrogens is 1. The molecule has 2 aromatic heterocycles. The van der Waals surface area contributed by atoms with Crippen molar-refractivity contribution in [2.45, 2.75) is 6.42 Å². The van der Waals surface area contributed by atoms with Crippen LogP contribution in [-0.2, 0) is 16.0 Å². The topological polar surface area (TPSA) is 84.3 Å². The highest BCUT2D eigenvalue weighted by Crippen LogP contribution is 2.21. The van der Waals surface area contributed by atoms with Crippen molar-refractivity contribution in [3.63, 3.8) is 0 Å². The van der Waals surface area contributed by atoms with Gasteiger partial charge in [-0.1, -0.05) is 23.7 Å². The first-order chi connectivity index (χ1) is 12.1. The summed E-state index contributed by atoms with van der Waals surface area (Å²) in [5.74, 6) is 0.863. The van der Waals surface area contributed by atoms with Gasteiger partial charge in [0.1, 0.15) is 0 Å². The smallest absolute Gasteiger partial charge is 0.309 e. The number of halogens is 1. The van der Waals surface area contributed by atoms with Crippen molar-refractivity contribution < 1.29 is 9.53 Å². The fourth-order valence-electron chi connectivity index (χ4n) is 2.59. The minimum Gasteiger partial charge on any atom is -0.469 e. The van der Waals surface area contributed by atoms with Crippen molar-refractivity contribution in [2.75, 3.05) is 12.4 Å². The summed E-state index contributed by atoms with van der Waals surface area (Å²) in [6, 6.07) is 13.0. The summed E-state index contributed by atoms with van der Waals surface area (Å²) in [6.07, 6.45) is 0.250. The zero-order valence-corrected chi connectivity index (χ0v) is 14.0. The van der Waals surface area contributed by atoms with Gasteiger partial charge in [0.05, 0.1) is 24.6 Å². The molecule has 126 valence electrons. The number of anilines is 2. The summed E-state index contributed by atoms with van der Waals surface area (Å²) >= 11 is 5.98. The molecule has 2 heterocycles. The van der Waals surface area contributed by atoms with Crippen LogP contribution in [0.3, 0.4) is 0 Å². The average Bonchev–Trinajstić information content (AvgIpc) is 3.13. The van der Waals surface area contributed by atoms with Crippen LogP contribution in [0.15, 0.2) is 42.5 Å². The molecule has 7 nitrogen and oxygen atoms in total. The van der Waals surface area contributed by atoms with Crippen molar-refractivity contribution in [3.05, 3.63) is 53.1 Å². The number of hydrogen-bond donors (Lipinski definition) is 2. The number of ether oxygens (including phenoxy) is 1. The van der Waals surface area contributed by atoms with E-state index in [1.54, 1.807) is 10.6 Å². The van der Waals surface area contributed by atoms with E-state index in [1.807, 2.05) is 36.4 Å². The highest BCUT2D eigenvalue weighted by molar-refractivity contribution is 6.31. The van der Waals surface area contributed by atoms with Crippen LogP contribution in [0.1, 0.15) is 5.56 Å². The number of rotatable bonds is 4. The van der Waals surface area contributed by atoms with Crippen LogP contribution in [0, 0.1) is 0 Å². The monoisotopic (exact) mass is 355 g/mol. The van der Waals surface area contributed by atoms with Crippen molar-refractivity contribution in [2.24, 2.45) is 0 Å². The quantitative estimate of drug-likeness (QED) is 0.548. The Hall–Kier alpha value is -3.06. The van der Waals surface area contributed by atoms with Gasteiger partial charge in [-0.25, -0.2) is 9.50 Å². The first kappa shape index (κ1) is 15.5. The van der Waals surface area contributed by atoms with Crippen molar-refractivity contribution in [1.29, 1.82) is 0 Å². The number of carbonyl (C=O) groups is 1. The van der Waals surface area contributed by atoms with Crippen molar-refractivity contribution >= 4 is 46.0 Å². The van der Waals surface area contributed by atoms with Gasteiger partial charge in [0.2, 0.25) is 5.95 Å². The second kappa shape index (κ2) is 6.10. The lowest BCUT2D eigenvalue weighted by molar-refractivity contribution is -0.139. The Balaban J connectivity index is 1.57. The van der Waals surface area contributed by atoms with Gasteiger partial charge in [0.15, 0.2) is 0 Å². The molecule has 0 unspecified atom stereocenters. The molecular weight excluding hydrogens is 342 g/mol. The van der Waals surface area contributed by atoms with Gasteiger partial charge in [-0.3, -0.25) is 9.89 Å². The molecule has 8 heteroatoms. The van der Waals surface area contributed by atoms with E-state index in [1.165, 1.54) is 7.11 Å². The van der Waals surface area contributed by atoms with Crippen LogP contribution < -0.4 is 5.32 Å². The Morgan fingerprint density at radius 1 is 1.24 bits per heavy atom. The Morgan fingerprint density at radius 2 is 2.04 bits per heavy atom. The number of carbonyl (C=O) groups excluding carboxylic acids is 1. The van der Waals surface area contributed by atoms with Gasteiger partial charge in [0.25, 0.3) is 5.78 Å². The summed E-state index contributed by atoms with van der Waals surface area (Å²) in [5, 5.41) is 6.98. The molecular formula is C17H14ClN5O2. The fourth-order valence-corrected chi connectivity index (χ4v) is 2.76. The van der Waals surface area contributed by atoms with E-state index in [9.17, 15) is 4.79 Å². The van der Waals surface area contributed by atoms with Gasteiger partial charge in [0, 0.05) is 10.7 Å². The molecule has 0 saturated carbocycles. The molecule has 0 atom stereocenters. The molecule has 0 spiro atoms. The molecule has 0 aliphatic rings. The van der Waals surface area contributed by atoms with Crippen LogP contribution in [0.5, 0.6) is 0 Å². The van der Waals surface area contributed by atoms with Gasteiger partial charge in [-0.15, -0.1) is 0 Å². The number of aromatic nitrogens is 4. The Labute approximate surface area is 147 Å². The first-order valence-corrected chi connectivity index (χ1v) is 7.97. The summed E-state index contributed by atoms with van der Waals surface area (Å²) < 4.78 is 6.45. The van der Waals surface area contributed by atoms with Gasteiger partial charge < -0.3 is 10.1 Å². The third kappa shape index (κ3) is 3.01. The maximum atomic E-state index is 11.3. The molecule has 0 bridgehead atoms. The van der Waals surface area contributed by atoms with Gasteiger partial charge >= 0.3 is 5.97 Å². The average molecular weight is 356 g/mol. The summed E-state index contributed by atoms with van der Waals surface area (Å²) in [6.45, 7) is 0. The normalized spacial score (nSPS) is 11.1. The van der Waals surface area contributed by atoms with E-state index in [0.29, 0.717) is 16.7 Å². The molecule has 0 saturated heterocycles. The van der Waals surface area contributed by atoms with Crippen molar-refractivity contribution in [1.82, 2.24) is 19.6 Å². The third-order valence-electron chi connectivity index (χ3n) is 3.82. The number of nitrogens with zero attached hydrogens (tertiary/aromatic N) is 3. The molecule has 4 rings (SSSR count). The molecule has 0 aliphatic carbocycles. The Morgan fingerprint density at radius 3 is 2.80 bits per heavy atom. The molecule has 2 aromatic carbocycles. The number of aromatic amines is 1. The number of esters is 1. The van der Waals surface area contributed by atoms with E-state index in [-0.39, 0.29) is 12.4 Å². The summed E-state index contributed by atoms with van der Waals surface area (Å²) in [4.78, 5) is 20.2. The minimum atomic E-state index is -0.264. The van der Waals surface area contributed by atoms with Gasteiger partial charge in [-0.05, 0) is 35.9 Å². The number of nitrogens with one attached hydrogen (secondary N) is 2. The molecule has 25 heavy (non-hydrogen) atoms. The lowest BCUT2D eigenvalue weighted by Gasteiger charge is -2.04.